The van der Waals surface area contributed by atoms with E-state index < -0.39 is 3.79 Å². The Bertz CT molecular complexity index is 48.6. The second kappa shape index (κ2) is 3.29. The van der Waals surface area contributed by atoms with E-state index in [1.165, 1.54) is 0 Å². The van der Waals surface area contributed by atoms with Gasteiger partial charge in [0.2, 0.25) is 0 Å². The van der Waals surface area contributed by atoms with Crippen LogP contribution in [0, 0.1) is 0 Å². The molecule has 0 nitrogen and oxygen atoms in total. The first kappa shape index (κ1) is 8.22. The molecule has 0 rings (SSSR count). The van der Waals surface area contributed by atoms with E-state index in [-0.39, 0.29) is 0 Å². The third kappa shape index (κ3) is 7.22. The molecule has 0 atom stereocenters. The smallest absolute Gasteiger partial charge is 0.179 e. The predicted molar refractivity (Wildman–Crippen MR) is 38.8 cm³/mol. The summed E-state index contributed by atoms with van der Waals surface area (Å²) in [4.78, 5) is 0. The molecule has 0 spiro atoms. The van der Waals surface area contributed by atoms with Crippen LogP contribution in [0.3, 0.4) is 0 Å². The van der Waals surface area contributed by atoms with Crippen molar-refractivity contribution in [1.29, 1.82) is 0 Å². The zero-order valence-electron chi connectivity index (χ0n) is 3.50. The molecular formula is C3H5Cl3S. The van der Waals surface area contributed by atoms with Crippen molar-refractivity contribution in [1.82, 2.24) is 0 Å². The molecule has 44 valence electrons. The number of rotatable bonds is 1. The number of thiol groups is 1. The molecule has 0 aliphatic heterocycles. The highest BCUT2D eigenvalue weighted by Crippen LogP contribution is 2.29. The summed E-state index contributed by atoms with van der Waals surface area (Å²) in [6.07, 6.45) is 0.501. The average Bonchev–Trinajstić information content (AvgIpc) is 1.30. The van der Waals surface area contributed by atoms with Gasteiger partial charge in [-0.15, -0.1) is 0 Å². The molecule has 7 heavy (non-hydrogen) atoms. The summed E-state index contributed by atoms with van der Waals surface area (Å²) >= 11 is 19.8. The van der Waals surface area contributed by atoms with Crippen molar-refractivity contribution in [2.24, 2.45) is 0 Å². The van der Waals surface area contributed by atoms with Gasteiger partial charge in [-0.1, -0.05) is 34.8 Å². The zero-order valence-corrected chi connectivity index (χ0v) is 6.66. The van der Waals surface area contributed by atoms with Crippen LogP contribution in [0.15, 0.2) is 0 Å². The lowest BCUT2D eigenvalue weighted by molar-refractivity contribution is 0.992. The molecule has 0 saturated heterocycles. The Hall–Kier alpha value is 1.22. The molecule has 0 N–H and O–H groups in total. The monoisotopic (exact) mass is 178 g/mol. The number of alkyl halides is 3. The Labute approximate surface area is 63.5 Å². The molecule has 0 radical (unpaired) electrons. The lowest BCUT2D eigenvalue weighted by Crippen LogP contribution is -2.01. The van der Waals surface area contributed by atoms with Crippen LogP contribution in [0.1, 0.15) is 6.42 Å². The topological polar surface area (TPSA) is 0 Å². The van der Waals surface area contributed by atoms with E-state index in [0.717, 1.165) is 0 Å². The van der Waals surface area contributed by atoms with Gasteiger partial charge in [-0.05, 0) is 5.75 Å². The standard InChI is InChI=1S/C3H5Cl3S/c4-3(5,6)1-2-7/h7H,1-2H2. The van der Waals surface area contributed by atoms with Gasteiger partial charge in [0, 0.05) is 6.42 Å². The molecule has 0 heterocycles. The molecule has 0 aromatic heterocycles. The summed E-state index contributed by atoms with van der Waals surface area (Å²) < 4.78 is -1.11. The normalized spacial score (nSPS) is 12.0. The fraction of sp³-hybridized carbons (Fsp3) is 1.00. The quantitative estimate of drug-likeness (QED) is 0.464. The van der Waals surface area contributed by atoms with Crippen LogP contribution in [0.25, 0.3) is 0 Å². The van der Waals surface area contributed by atoms with Crippen LogP contribution in [0.5, 0.6) is 0 Å². The summed E-state index contributed by atoms with van der Waals surface area (Å²) in [6.45, 7) is 0. The van der Waals surface area contributed by atoms with E-state index in [4.69, 9.17) is 34.8 Å². The minimum Gasteiger partial charge on any atom is -0.179 e. The van der Waals surface area contributed by atoms with Gasteiger partial charge in [0.1, 0.15) is 0 Å². The summed E-state index contributed by atoms with van der Waals surface area (Å²) in [5.74, 6) is 0.608. The van der Waals surface area contributed by atoms with Gasteiger partial charge in [0.15, 0.2) is 3.79 Å². The predicted octanol–water partition coefficient (Wildman–Crippen LogP) is 2.68. The first-order chi connectivity index (χ1) is 3.06. The van der Waals surface area contributed by atoms with E-state index >= 15 is 0 Å². The molecule has 0 aromatic carbocycles. The molecule has 0 aliphatic carbocycles. The maximum Gasteiger partial charge on any atom is 0.191 e. The van der Waals surface area contributed by atoms with Crippen molar-refractivity contribution in [2.75, 3.05) is 5.75 Å². The minimum atomic E-state index is -1.11. The zero-order chi connectivity index (χ0) is 5.91. The summed E-state index contributed by atoms with van der Waals surface area (Å²) in [6, 6.07) is 0. The molecule has 0 amide bonds. The molecule has 0 aromatic rings. The number of halogens is 3. The molecule has 0 aliphatic rings. The molecular weight excluding hydrogens is 174 g/mol. The highest BCUT2D eigenvalue weighted by molar-refractivity contribution is 7.80. The summed E-state index contributed by atoms with van der Waals surface area (Å²) in [5, 5.41) is 0. The Balaban J connectivity index is 3.15. The van der Waals surface area contributed by atoms with Gasteiger partial charge < -0.3 is 0 Å². The van der Waals surface area contributed by atoms with Crippen molar-refractivity contribution >= 4 is 47.4 Å². The minimum absolute atomic E-state index is 0.501. The van der Waals surface area contributed by atoms with Gasteiger partial charge >= 0.3 is 0 Å². The second-order valence-electron chi connectivity index (χ2n) is 1.09. The number of hydrogen-bond donors (Lipinski definition) is 1. The first-order valence-corrected chi connectivity index (χ1v) is 3.50. The van der Waals surface area contributed by atoms with Crippen LogP contribution in [0.4, 0.5) is 0 Å². The van der Waals surface area contributed by atoms with E-state index in [0.29, 0.717) is 12.2 Å². The maximum absolute atomic E-state index is 5.32. The Morgan fingerprint density at radius 1 is 1.29 bits per heavy atom. The van der Waals surface area contributed by atoms with Gasteiger partial charge in [-0.3, -0.25) is 0 Å². The van der Waals surface area contributed by atoms with E-state index in [1.807, 2.05) is 0 Å². The third-order valence-electron chi connectivity index (χ3n) is 0.395. The van der Waals surface area contributed by atoms with Crippen molar-refractivity contribution < 1.29 is 0 Å². The van der Waals surface area contributed by atoms with Crippen LogP contribution in [-0.4, -0.2) is 9.55 Å². The largest absolute Gasteiger partial charge is 0.191 e. The fourth-order valence-electron chi connectivity index (χ4n) is 0.127. The van der Waals surface area contributed by atoms with Crippen molar-refractivity contribution in [2.45, 2.75) is 10.2 Å². The van der Waals surface area contributed by atoms with E-state index in [1.54, 1.807) is 0 Å². The summed E-state index contributed by atoms with van der Waals surface area (Å²) in [7, 11) is 0. The molecule has 0 unspecified atom stereocenters. The lowest BCUT2D eigenvalue weighted by atomic mass is 10.6. The Morgan fingerprint density at radius 2 is 1.71 bits per heavy atom. The second-order valence-corrected chi connectivity index (χ2v) is 4.05. The Morgan fingerprint density at radius 3 is 1.71 bits per heavy atom. The van der Waals surface area contributed by atoms with Crippen LogP contribution >= 0.6 is 47.4 Å². The van der Waals surface area contributed by atoms with Gasteiger partial charge in [0.05, 0.1) is 0 Å². The van der Waals surface area contributed by atoms with Crippen molar-refractivity contribution in [3.8, 4) is 0 Å². The van der Waals surface area contributed by atoms with Crippen LogP contribution in [0.2, 0.25) is 0 Å². The van der Waals surface area contributed by atoms with Gasteiger partial charge in [-0.25, -0.2) is 0 Å². The highest BCUT2D eigenvalue weighted by Gasteiger charge is 2.16. The van der Waals surface area contributed by atoms with E-state index in [9.17, 15) is 0 Å². The maximum atomic E-state index is 5.32. The lowest BCUT2D eigenvalue weighted by Gasteiger charge is -2.05. The molecule has 0 saturated carbocycles. The highest BCUT2D eigenvalue weighted by atomic mass is 35.6. The molecule has 4 heteroatoms. The van der Waals surface area contributed by atoms with Crippen LogP contribution < -0.4 is 0 Å². The molecule has 0 fully saturated rings. The van der Waals surface area contributed by atoms with Crippen molar-refractivity contribution in [3.05, 3.63) is 0 Å². The Kier molecular flexibility index (Phi) is 3.86. The molecule has 0 bridgehead atoms. The fourth-order valence-corrected chi connectivity index (χ4v) is 1.14. The average molecular weight is 179 g/mol. The van der Waals surface area contributed by atoms with Gasteiger partial charge in [-0.2, -0.15) is 12.6 Å². The number of hydrogen-bond acceptors (Lipinski definition) is 1. The van der Waals surface area contributed by atoms with Crippen LogP contribution in [-0.2, 0) is 0 Å². The third-order valence-corrected chi connectivity index (χ3v) is 1.19. The first-order valence-electron chi connectivity index (χ1n) is 1.74. The van der Waals surface area contributed by atoms with Crippen molar-refractivity contribution in [3.63, 3.8) is 0 Å². The summed E-state index contributed by atoms with van der Waals surface area (Å²) in [5.41, 5.74) is 0. The van der Waals surface area contributed by atoms with E-state index in [2.05, 4.69) is 12.6 Å². The van der Waals surface area contributed by atoms with Gasteiger partial charge in [0.25, 0.3) is 0 Å². The SMILES string of the molecule is SCCC(Cl)(Cl)Cl.